The van der Waals surface area contributed by atoms with Gasteiger partial charge < -0.3 is 10.1 Å². The van der Waals surface area contributed by atoms with E-state index in [-0.39, 0.29) is 11.4 Å². The van der Waals surface area contributed by atoms with Gasteiger partial charge in [0.05, 0.1) is 6.61 Å². The summed E-state index contributed by atoms with van der Waals surface area (Å²) in [4.78, 5) is 15.9. The molecule has 1 aliphatic rings. The van der Waals surface area contributed by atoms with Crippen LogP contribution < -0.4 is 10.6 Å². The summed E-state index contributed by atoms with van der Waals surface area (Å²) >= 11 is 0. The Hall–Kier alpha value is -3.09. The Morgan fingerprint density at radius 3 is 2.73 bits per heavy atom. The van der Waals surface area contributed by atoms with E-state index in [9.17, 15) is 4.79 Å². The number of hydrogen-bond donors (Lipinski definition) is 2. The lowest BCUT2D eigenvalue weighted by molar-refractivity contribution is 0.167. The number of carbonyl (C=O) groups excluding carboxylic acids is 1. The van der Waals surface area contributed by atoms with E-state index in [0.717, 1.165) is 12.4 Å². The number of fused-ring (bicyclic) bond motifs is 1. The first kappa shape index (κ1) is 16.4. The Bertz CT molecular complexity index is 918. The van der Waals surface area contributed by atoms with Gasteiger partial charge >= 0.3 is 6.09 Å². The van der Waals surface area contributed by atoms with Crippen molar-refractivity contribution >= 4 is 23.5 Å². The molecule has 1 fully saturated rings. The SMILES string of the molecule is CCOC(=O)Nc1nc2cccc(NCC3(c4ccccc4)CC3)n2n1. The van der Waals surface area contributed by atoms with Crippen molar-refractivity contribution in [2.24, 2.45) is 0 Å². The highest BCUT2D eigenvalue weighted by molar-refractivity contribution is 5.82. The third-order valence-electron chi connectivity index (χ3n) is 4.70. The van der Waals surface area contributed by atoms with Crippen molar-refractivity contribution in [2.75, 3.05) is 23.8 Å². The van der Waals surface area contributed by atoms with Crippen molar-refractivity contribution in [1.82, 2.24) is 14.6 Å². The molecule has 26 heavy (non-hydrogen) atoms. The molecule has 0 bridgehead atoms. The minimum Gasteiger partial charge on any atom is -0.450 e. The minimum absolute atomic E-state index is 0.190. The van der Waals surface area contributed by atoms with Gasteiger partial charge in [-0.15, -0.1) is 5.10 Å². The van der Waals surface area contributed by atoms with Gasteiger partial charge in [0.15, 0.2) is 5.65 Å². The molecule has 0 atom stereocenters. The summed E-state index contributed by atoms with van der Waals surface area (Å²) in [6.07, 6.45) is 1.79. The molecule has 7 heteroatoms. The maximum absolute atomic E-state index is 11.6. The van der Waals surface area contributed by atoms with E-state index in [1.807, 2.05) is 24.3 Å². The van der Waals surface area contributed by atoms with Crippen molar-refractivity contribution in [1.29, 1.82) is 0 Å². The molecular weight excluding hydrogens is 330 g/mol. The number of pyridine rings is 1. The maximum Gasteiger partial charge on any atom is 0.414 e. The lowest BCUT2D eigenvalue weighted by Crippen LogP contribution is -2.20. The van der Waals surface area contributed by atoms with E-state index in [4.69, 9.17) is 4.74 Å². The normalized spacial score (nSPS) is 14.8. The van der Waals surface area contributed by atoms with E-state index in [2.05, 4.69) is 45.0 Å². The molecule has 3 aromatic rings. The summed E-state index contributed by atoms with van der Waals surface area (Å²) in [5.41, 5.74) is 2.21. The molecular formula is C19H21N5O2. The van der Waals surface area contributed by atoms with E-state index in [0.29, 0.717) is 12.3 Å². The van der Waals surface area contributed by atoms with Gasteiger partial charge in [-0.1, -0.05) is 36.4 Å². The molecule has 0 aliphatic heterocycles. The number of ether oxygens (including phenoxy) is 1. The summed E-state index contributed by atoms with van der Waals surface area (Å²) in [6.45, 7) is 2.88. The van der Waals surface area contributed by atoms with Crippen LogP contribution >= 0.6 is 0 Å². The van der Waals surface area contributed by atoms with Gasteiger partial charge in [-0.05, 0) is 37.5 Å². The Kier molecular flexibility index (Phi) is 4.20. The molecule has 0 radical (unpaired) electrons. The second kappa shape index (κ2) is 6.67. The molecule has 1 aliphatic carbocycles. The molecule has 2 heterocycles. The standard InChI is InChI=1S/C19H21N5O2/c1-2-26-18(25)22-17-21-16-10-6-9-15(24(16)23-17)20-13-19(11-12-19)14-7-4-3-5-8-14/h3-10,20H,2,11-13H2,1H3,(H,22,23,25). The molecule has 4 rings (SSSR count). The molecule has 2 N–H and O–H groups in total. The fraction of sp³-hybridized carbons (Fsp3) is 0.316. The highest BCUT2D eigenvalue weighted by Gasteiger charge is 2.43. The van der Waals surface area contributed by atoms with Crippen LogP contribution in [0.1, 0.15) is 25.3 Å². The highest BCUT2D eigenvalue weighted by atomic mass is 16.5. The number of anilines is 2. The van der Waals surface area contributed by atoms with Crippen LogP contribution in [0.15, 0.2) is 48.5 Å². The fourth-order valence-corrected chi connectivity index (χ4v) is 3.12. The zero-order chi connectivity index (χ0) is 18.0. The highest BCUT2D eigenvalue weighted by Crippen LogP contribution is 2.48. The average Bonchev–Trinajstić information content (AvgIpc) is 3.33. The Morgan fingerprint density at radius 2 is 2.00 bits per heavy atom. The largest absolute Gasteiger partial charge is 0.450 e. The molecule has 7 nitrogen and oxygen atoms in total. The van der Waals surface area contributed by atoms with Crippen molar-refractivity contribution in [2.45, 2.75) is 25.2 Å². The molecule has 2 aromatic heterocycles. The van der Waals surface area contributed by atoms with Crippen LogP contribution in [0.5, 0.6) is 0 Å². The van der Waals surface area contributed by atoms with Crippen molar-refractivity contribution in [3.05, 3.63) is 54.1 Å². The predicted octanol–water partition coefficient (Wildman–Crippen LogP) is 3.44. The maximum atomic E-state index is 11.6. The lowest BCUT2D eigenvalue weighted by atomic mass is 9.96. The first-order valence-electron chi connectivity index (χ1n) is 8.79. The first-order valence-corrected chi connectivity index (χ1v) is 8.79. The van der Waals surface area contributed by atoms with E-state index >= 15 is 0 Å². The number of nitrogens with one attached hydrogen (secondary N) is 2. The Morgan fingerprint density at radius 1 is 1.19 bits per heavy atom. The number of hydrogen-bond acceptors (Lipinski definition) is 5. The van der Waals surface area contributed by atoms with Gasteiger partial charge in [-0.2, -0.15) is 9.50 Å². The van der Waals surface area contributed by atoms with E-state index in [1.54, 1.807) is 11.4 Å². The van der Waals surface area contributed by atoms with Crippen LogP contribution in [-0.2, 0) is 10.2 Å². The molecule has 1 saturated carbocycles. The first-order chi connectivity index (χ1) is 12.7. The number of rotatable bonds is 6. The smallest absolute Gasteiger partial charge is 0.414 e. The number of benzene rings is 1. The van der Waals surface area contributed by atoms with Gasteiger partial charge in [0.25, 0.3) is 5.95 Å². The van der Waals surface area contributed by atoms with Gasteiger partial charge in [-0.3, -0.25) is 5.32 Å². The number of aromatic nitrogens is 3. The second-order valence-corrected chi connectivity index (χ2v) is 6.46. The predicted molar refractivity (Wildman–Crippen MR) is 99.5 cm³/mol. The van der Waals surface area contributed by atoms with Crippen LogP contribution in [0.4, 0.5) is 16.6 Å². The fourth-order valence-electron chi connectivity index (χ4n) is 3.12. The topological polar surface area (TPSA) is 80.5 Å². The zero-order valence-electron chi connectivity index (χ0n) is 14.6. The van der Waals surface area contributed by atoms with Crippen LogP contribution in [-0.4, -0.2) is 33.8 Å². The quantitative estimate of drug-likeness (QED) is 0.711. The van der Waals surface area contributed by atoms with Gasteiger partial charge in [0.2, 0.25) is 0 Å². The van der Waals surface area contributed by atoms with Crippen molar-refractivity contribution in [3.63, 3.8) is 0 Å². The molecule has 1 aromatic carbocycles. The van der Waals surface area contributed by atoms with Crippen molar-refractivity contribution < 1.29 is 9.53 Å². The summed E-state index contributed by atoms with van der Waals surface area (Å²) < 4.78 is 6.56. The third kappa shape index (κ3) is 3.20. The monoisotopic (exact) mass is 351 g/mol. The average molecular weight is 351 g/mol. The van der Waals surface area contributed by atoms with Crippen LogP contribution in [0.3, 0.4) is 0 Å². The molecule has 0 unspecified atom stereocenters. The molecule has 1 amide bonds. The summed E-state index contributed by atoms with van der Waals surface area (Å²) in [7, 11) is 0. The third-order valence-corrected chi connectivity index (χ3v) is 4.70. The number of nitrogens with zero attached hydrogens (tertiary/aromatic N) is 3. The zero-order valence-corrected chi connectivity index (χ0v) is 14.6. The summed E-state index contributed by atoms with van der Waals surface area (Å²) in [5, 5.41) is 10.4. The number of carbonyl (C=O) groups is 1. The van der Waals surface area contributed by atoms with Crippen molar-refractivity contribution in [3.8, 4) is 0 Å². The second-order valence-electron chi connectivity index (χ2n) is 6.46. The summed E-state index contributed by atoms with van der Waals surface area (Å²) in [5.74, 6) is 1.07. The minimum atomic E-state index is -0.557. The molecule has 134 valence electrons. The van der Waals surface area contributed by atoms with E-state index < -0.39 is 6.09 Å². The van der Waals surface area contributed by atoms with Crippen LogP contribution in [0.2, 0.25) is 0 Å². The van der Waals surface area contributed by atoms with Gasteiger partial charge in [-0.25, -0.2) is 4.79 Å². The Balaban J connectivity index is 1.52. The van der Waals surface area contributed by atoms with Gasteiger partial charge in [0.1, 0.15) is 5.82 Å². The van der Waals surface area contributed by atoms with Gasteiger partial charge in [0, 0.05) is 12.0 Å². The van der Waals surface area contributed by atoms with E-state index in [1.165, 1.54) is 18.4 Å². The molecule has 0 spiro atoms. The Labute approximate surface area is 151 Å². The van der Waals surface area contributed by atoms with Crippen LogP contribution in [0.25, 0.3) is 5.65 Å². The summed E-state index contributed by atoms with van der Waals surface area (Å²) in [6, 6.07) is 16.3. The number of amides is 1. The lowest BCUT2D eigenvalue weighted by Gasteiger charge is -2.17. The van der Waals surface area contributed by atoms with Crippen LogP contribution in [0, 0.1) is 0 Å². The molecule has 0 saturated heterocycles.